The van der Waals surface area contributed by atoms with Gasteiger partial charge in [-0.3, -0.25) is 4.79 Å². The second-order valence-corrected chi connectivity index (χ2v) is 6.52. The number of hydrogen-bond acceptors (Lipinski definition) is 5. The molecular weight excluding hydrogens is 420 g/mol. The Balaban J connectivity index is 1.96. The van der Waals surface area contributed by atoms with E-state index in [9.17, 15) is 22.4 Å². The highest BCUT2D eigenvalue weighted by molar-refractivity contribution is 5.93. The van der Waals surface area contributed by atoms with E-state index in [1.807, 2.05) is 0 Å². The average molecular weight is 438 g/mol. The Morgan fingerprint density at radius 3 is 2.48 bits per heavy atom. The smallest absolute Gasteiger partial charge is 0.435 e. The lowest BCUT2D eigenvalue weighted by molar-refractivity contribution is -0.143. The van der Waals surface area contributed by atoms with Crippen molar-refractivity contribution in [3.63, 3.8) is 0 Å². The van der Waals surface area contributed by atoms with Crippen LogP contribution in [0.3, 0.4) is 0 Å². The maximum absolute atomic E-state index is 13.8. The Morgan fingerprint density at radius 1 is 1.13 bits per heavy atom. The first kappa shape index (κ1) is 22.1. The number of aromatic nitrogens is 3. The number of halogens is 4. The van der Waals surface area contributed by atoms with Crippen LogP contribution in [0.4, 0.5) is 17.6 Å². The highest BCUT2D eigenvalue weighted by Crippen LogP contribution is 2.33. The Hall–Kier alpha value is -3.63. The molecule has 3 aromatic rings. The number of ether oxygens (including phenoxy) is 2. The average Bonchev–Trinajstić information content (AvgIpc) is 3.19. The molecule has 3 rings (SSSR count). The molecule has 2 aromatic carbocycles. The van der Waals surface area contributed by atoms with Crippen molar-refractivity contribution >= 4 is 5.91 Å². The number of nitrogens with zero attached hydrogens (tertiary/aromatic N) is 4. The summed E-state index contributed by atoms with van der Waals surface area (Å²) in [6.07, 6.45) is -4.96. The van der Waals surface area contributed by atoms with Crippen molar-refractivity contribution in [2.24, 2.45) is 0 Å². The van der Waals surface area contributed by atoms with Crippen molar-refractivity contribution in [1.82, 2.24) is 19.9 Å². The van der Waals surface area contributed by atoms with E-state index in [0.717, 1.165) is 17.0 Å². The molecule has 0 spiro atoms. The van der Waals surface area contributed by atoms with Crippen LogP contribution in [0.1, 0.15) is 21.7 Å². The molecule has 11 heteroatoms. The van der Waals surface area contributed by atoms with Crippen LogP contribution in [0.5, 0.6) is 11.5 Å². The summed E-state index contributed by atoms with van der Waals surface area (Å²) in [4.78, 5) is 13.9. The topological polar surface area (TPSA) is 69.5 Å². The van der Waals surface area contributed by atoms with E-state index in [1.54, 1.807) is 18.2 Å². The van der Waals surface area contributed by atoms with Crippen LogP contribution in [-0.2, 0) is 12.7 Å². The van der Waals surface area contributed by atoms with Gasteiger partial charge in [0.05, 0.1) is 19.9 Å². The van der Waals surface area contributed by atoms with Gasteiger partial charge in [0, 0.05) is 25.2 Å². The van der Waals surface area contributed by atoms with Gasteiger partial charge in [0.2, 0.25) is 0 Å². The van der Waals surface area contributed by atoms with Crippen LogP contribution < -0.4 is 9.47 Å². The first-order chi connectivity index (χ1) is 14.7. The molecule has 0 N–H and O–H groups in total. The van der Waals surface area contributed by atoms with Gasteiger partial charge in [-0.1, -0.05) is 11.3 Å². The minimum Gasteiger partial charge on any atom is -0.497 e. The standard InChI is InChI=1S/C20H18F4N4O3/c1-27(11-12-7-8-15(30-2)10-16(12)31-3)19(29)17-18(20(22,23)24)28(26-25-17)14-6-4-5-13(21)9-14/h4-10H,11H2,1-3H3. The molecule has 0 aliphatic rings. The molecule has 0 fully saturated rings. The van der Waals surface area contributed by atoms with Crippen molar-refractivity contribution in [3.8, 4) is 17.2 Å². The summed E-state index contributed by atoms with van der Waals surface area (Å²) in [7, 11) is 4.23. The lowest BCUT2D eigenvalue weighted by atomic mass is 10.1. The van der Waals surface area contributed by atoms with E-state index in [2.05, 4.69) is 10.3 Å². The summed E-state index contributed by atoms with van der Waals surface area (Å²) in [5.41, 5.74) is -1.95. The Kier molecular flexibility index (Phi) is 6.14. The van der Waals surface area contributed by atoms with Gasteiger partial charge in [-0.2, -0.15) is 13.2 Å². The van der Waals surface area contributed by atoms with E-state index in [1.165, 1.54) is 33.4 Å². The Labute approximate surface area is 174 Å². The fourth-order valence-electron chi connectivity index (χ4n) is 2.96. The summed E-state index contributed by atoms with van der Waals surface area (Å²) < 4.78 is 65.6. The number of rotatable bonds is 6. The fourth-order valence-corrected chi connectivity index (χ4v) is 2.96. The van der Waals surface area contributed by atoms with Gasteiger partial charge in [0.15, 0.2) is 11.4 Å². The third-order valence-electron chi connectivity index (χ3n) is 4.44. The van der Waals surface area contributed by atoms with Gasteiger partial charge in [0.1, 0.15) is 17.3 Å². The van der Waals surface area contributed by atoms with Crippen LogP contribution in [0.2, 0.25) is 0 Å². The number of hydrogen-bond donors (Lipinski definition) is 0. The van der Waals surface area contributed by atoms with Crippen LogP contribution >= 0.6 is 0 Å². The summed E-state index contributed by atoms with van der Waals surface area (Å²) in [5.74, 6) is -0.837. The van der Waals surface area contributed by atoms with Crippen molar-refractivity contribution < 1.29 is 31.8 Å². The molecular formula is C20H18F4N4O3. The zero-order valence-corrected chi connectivity index (χ0v) is 16.8. The van der Waals surface area contributed by atoms with E-state index < -0.39 is 29.3 Å². The third-order valence-corrected chi connectivity index (χ3v) is 4.44. The number of amides is 1. The quantitative estimate of drug-likeness (QED) is 0.549. The maximum atomic E-state index is 13.8. The SMILES string of the molecule is COc1ccc(CN(C)C(=O)c2nnn(-c3cccc(F)c3)c2C(F)(F)F)c(OC)c1. The predicted molar refractivity (Wildman–Crippen MR) is 102 cm³/mol. The minimum absolute atomic E-state index is 0.0594. The lowest BCUT2D eigenvalue weighted by Crippen LogP contribution is -2.29. The predicted octanol–water partition coefficient (Wildman–Crippen LogP) is 3.71. The Bertz CT molecular complexity index is 1100. The summed E-state index contributed by atoms with van der Waals surface area (Å²) >= 11 is 0. The monoisotopic (exact) mass is 438 g/mol. The number of benzene rings is 2. The lowest BCUT2D eigenvalue weighted by Gasteiger charge is -2.19. The molecule has 1 aromatic heterocycles. The van der Waals surface area contributed by atoms with E-state index in [-0.39, 0.29) is 12.2 Å². The zero-order chi connectivity index (χ0) is 22.8. The number of alkyl halides is 3. The highest BCUT2D eigenvalue weighted by Gasteiger charge is 2.42. The number of methoxy groups -OCH3 is 2. The molecule has 0 atom stereocenters. The Morgan fingerprint density at radius 2 is 1.87 bits per heavy atom. The molecule has 0 saturated carbocycles. The molecule has 1 heterocycles. The molecule has 0 saturated heterocycles. The molecule has 31 heavy (non-hydrogen) atoms. The van der Waals surface area contributed by atoms with Gasteiger partial charge in [-0.15, -0.1) is 5.10 Å². The molecule has 1 amide bonds. The molecule has 0 aliphatic heterocycles. The molecule has 0 radical (unpaired) electrons. The van der Waals surface area contributed by atoms with E-state index in [4.69, 9.17) is 9.47 Å². The van der Waals surface area contributed by atoms with E-state index >= 15 is 0 Å². The fraction of sp³-hybridized carbons (Fsp3) is 0.250. The van der Waals surface area contributed by atoms with Crippen molar-refractivity contribution in [2.75, 3.05) is 21.3 Å². The van der Waals surface area contributed by atoms with Gasteiger partial charge < -0.3 is 14.4 Å². The normalized spacial score (nSPS) is 11.3. The van der Waals surface area contributed by atoms with Crippen molar-refractivity contribution in [1.29, 1.82) is 0 Å². The number of carbonyl (C=O) groups excluding carboxylic acids is 1. The summed E-state index contributed by atoms with van der Waals surface area (Å²) in [6, 6.07) is 9.27. The van der Waals surface area contributed by atoms with Gasteiger partial charge >= 0.3 is 6.18 Å². The minimum atomic E-state index is -4.96. The second kappa shape index (κ2) is 8.62. The first-order valence-corrected chi connectivity index (χ1v) is 8.91. The summed E-state index contributed by atoms with van der Waals surface area (Å²) in [5, 5.41) is 6.90. The van der Waals surface area contributed by atoms with E-state index in [0.29, 0.717) is 21.7 Å². The molecule has 0 unspecified atom stereocenters. The molecule has 164 valence electrons. The second-order valence-electron chi connectivity index (χ2n) is 6.52. The van der Waals surface area contributed by atoms with Gasteiger partial charge in [0.25, 0.3) is 5.91 Å². The molecule has 0 bridgehead atoms. The first-order valence-electron chi connectivity index (χ1n) is 8.91. The number of carbonyl (C=O) groups is 1. The van der Waals surface area contributed by atoms with Crippen LogP contribution in [0.25, 0.3) is 5.69 Å². The molecule has 7 nitrogen and oxygen atoms in total. The highest BCUT2D eigenvalue weighted by atomic mass is 19.4. The van der Waals surface area contributed by atoms with Gasteiger partial charge in [-0.25, -0.2) is 9.07 Å². The van der Waals surface area contributed by atoms with Crippen molar-refractivity contribution in [3.05, 3.63) is 65.2 Å². The van der Waals surface area contributed by atoms with Crippen LogP contribution in [0, 0.1) is 5.82 Å². The van der Waals surface area contributed by atoms with Gasteiger partial charge in [-0.05, 0) is 30.3 Å². The summed E-state index contributed by atoms with van der Waals surface area (Å²) in [6.45, 7) is -0.0594. The van der Waals surface area contributed by atoms with Crippen LogP contribution in [-0.4, -0.2) is 47.1 Å². The van der Waals surface area contributed by atoms with Crippen molar-refractivity contribution in [2.45, 2.75) is 12.7 Å². The third kappa shape index (κ3) is 4.60. The van der Waals surface area contributed by atoms with Crippen LogP contribution in [0.15, 0.2) is 42.5 Å². The maximum Gasteiger partial charge on any atom is 0.435 e. The zero-order valence-electron chi connectivity index (χ0n) is 16.8. The largest absolute Gasteiger partial charge is 0.497 e. The molecule has 0 aliphatic carbocycles.